The Morgan fingerprint density at radius 1 is 1.25 bits per heavy atom. The van der Waals surface area contributed by atoms with Gasteiger partial charge >= 0.3 is 6.09 Å². The Bertz CT molecular complexity index is 796. The molecule has 0 spiro atoms. The van der Waals surface area contributed by atoms with E-state index in [2.05, 4.69) is 21.9 Å². The summed E-state index contributed by atoms with van der Waals surface area (Å²) in [6.45, 7) is 8.96. The molecule has 4 amide bonds. The first-order valence-corrected chi connectivity index (χ1v) is 12.1. The highest BCUT2D eigenvalue weighted by atomic mass is 32.2. The van der Waals surface area contributed by atoms with Crippen molar-refractivity contribution in [3.63, 3.8) is 0 Å². The van der Waals surface area contributed by atoms with Crippen LogP contribution < -0.4 is 15.4 Å². The molecule has 0 aromatic rings. The quantitative estimate of drug-likeness (QED) is 0.350. The highest BCUT2D eigenvalue weighted by Crippen LogP contribution is 2.45. The molecule has 1 heterocycles. The number of nitrogens with zero attached hydrogens (tertiary/aromatic N) is 1. The summed E-state index contributed by atoms with van der Waals surface area (Å²) in [4.78, 5) is 51.7. The fourth-order valence-electron chi connectivity index (χ4n) is 3.79. The molecular formula is C21H32N4O6S. The Morgan fingerprint density at radius 2 is 1.94 bits per heavy atom. The SMILES string of the molecule is C=CC1CC1(NC(=O)C1CCCN1C(=O)CNC(=O)OC(C)(C)C)C(=O)N[S+]([O-])C1CC1. The summed E-state index contributed by atoms with van der Waals surface area (Å²) in [5, 5.41) is 5.19. The monoisotopic (exact) mass is 468 g/mol. The van der Waals surface area contributed by atoms with E-state index in [4.69, 9.17) is 4.74 Å². The van der Waals surface area contributed by atoms with Gasteiger partial charge < -0.3 is 24.8 Å². The predicted octanol–water partition coefficient (Wildman–Crippen LogP) is 0.505. The number of hydrogen-bond acceptors (Lipinski definition) is 6. The highest BCUT2D eigenvalue weighted by molar-refractivity contribution is 7.90. The zero-order chi connectivity index (χ0) is 23.7. The van der Waals surface area contributed by atoms with Gasteiger partial charge in [0, 0.05) is 25.3 Å². The Kier molecular flexibility index (Phi) is 7.09. The maximum atomic E-state index is 13.0. The van der Waals surface area contributed by atoms with Crippen molar-refractivity contribution in [1.82, 2.24) is 20.3 Å². The molecule has 3 rings (SSSR count). The number of carbonyl (C=O) groups is 4. The lowest BCUT2D eigenvalue weighted by atomic mass is 10.1. The van der Waals surface area contributed by atoms with Gasteiger partial charge in [0.15, 0.2) is 0 Å². The zero-order valence-electron chi connectivity index (χ0n) is 18.8. The third-order valence-electron chi connectivity index (χ3n) is 5.73. The molecule has 3 aliphatic rings. The van der Waals surface area contributed by atoms with Crippen molar-refractivity contribution in [3.8, 4) is 0 Å². The van der Waals surface area contributed by atoms with E-state index < -0.39 is 52.4 Å². The number of carbonyl (C=O) groups excluding carboxylic acids is 4. The van der Waals surface area contributed by atoms with Gasteiger partial charge in [-0.15, -0.1) is 6.58 Å². The fraction of sp³-hybridized carbons (Fsp3) is 0.714. The minimum Gasteiger partial charge on any atom is -0.593 e. The van der Waals surface area contributed by atoms with Crippen molar-refractivity contribution in [2.75, 3.05) is 13.1 Å². The van der Waals surface area contributed by atoms with Crippen LogP contribution in [0.5, 0.6) is 0 Å². The highest BCUT2D eigenvalue weighted by Gasteiger charge is 2.62. The van der Waals surface area contributed by atoms with Crippen LogP contribution in [0.15, 0.2) is 12.7 Å². The van der Waals surface area contributed by atoms with Crippen LogP contribution in [0.2, 0.25) is 0 Å². The van der Waals surface area contributed by atoms with Gasteiger partial charge in [-0.05, 0) is 40.0 Å². The molecule has 32 heavy (non-hydrogen) atoms. The number of ether oxygens (including phenoxy) is 1. The van der Waals surface area contributed by atoms with Gasteiger partial charge in [0.25, 0.3) is 5.91 Å². The summed E-state index contributed by atoms with van der Waals surface area (Å²) in [6, 6.07) is -0.743. The third-order valence-corrected chi connectivity index (χ3v) is 7.19. The van der Waals surface area contributed by atoms with Crippen LogP contribution in [0, 0.1) is 5.92 Å². The van der Waals surface area contributed by atoms with E-state index in [0.29, 0.717) is 25.8 Å². The molecule has 4 atom stereocenters. The minimum absolute atomic E-state index is 0.0203. The zero-order valence-corrected chi connectivity index (χ0v) is 19.6. The van der Waals surface area contributed by atoms with Crippen LogP contribution in [0.4, 0.5) is 4.79 Å². The molecule has 0 aromatic carbocycles. The second-order valence-corrected chi connectivity index (χ2v) is 11.0. The molecule has 3 N–H and O–H groups in total. The summed E-state index contributed by atoms with van der Waals surface area (Å²) >= 11 is -1.46. The molecular weight excluding hydrogens is 436 g/mol. The third kappa shape index (κ3) is 5.74. The Morgan fingerprint density at radius 3 is 2.50 bits per heavy atom. The summed E-state index contributed by atoms with van der Waals surface area (Å²) in [5.41, 5.74) is -1.87. The van der Waals surface area contributed by atoms with E-state index in [1.807, 2.05) is 0 Å². The molecule has 0 aromatic heterocycles. The summed E-state index contributed by atoms with van der Waals surface area (Å²) in [5.74, 6) is -1.59. The second kappa shape index (κ2) is 9.30. The molecule has 0 bridgehead atoms. The number of likely N-dealkylation sites (tertiary alicyclic amines) is 1. The van der Waals surface area contributed by atoms with Crippen molar-refractivity contribution >= 4 is 35.2 Å². The summed E-state index contributed by atoms with van der Waals surface area (Å²) < 4.78 is 19.8. The van der Waals surface area contributed by atoms with E-state index in [1.165, 1.54) is 4.90 Å². The number of amides is 4. The van der Waals surface area contributed by atoms with Crippen molar-refractivity contribution in [3.05, 3.63) is 12.7 Å². The van der Waals surface area contributed by atoms with Crippen LogP contribution in [0.3, 0.4) is 0 Å². The van der Waals surface area contributed by atoms with Gasteiger partial charge in [-0.1, -0.05) is 6.08 Å². The number of alkyl carbamates (subject to hydrolysis) is 1. The first-order chi connectivity index (χ1) is 15.0. The van der Waals surface area contributed by atoms with Crippen molar-refractivity contribution in [2.45, 2.75) is 75.3 Å². The standard InChI is InChI=1S/C21H32N4O6S/c1-5-13-11-21(13,18(28)24-32(30)14-8-9-14)23-17(27)15-7-6-10-25(15)16(26)12-22-19(29)31-20(2,3)4/h5,13-15H,1,6-12H2,2-4H3,(H,22,29)(H,23,27)(H,24,28). The Hall–Kier alpha value is -2.27. The lowest BCUT2D eigenvalue weighted by Crippen LogP contribution is -2.57. The smallest absolute Gasteiger partial charge is 0.408 e. The van der Waals surface area contributed by atoms with Gasteiger partial charge in [0.1, 0.15) is 29.0 Å². The first-order valence-electron chi connectivity index (χ1n) is 10.9. The summed E-state index contributed by atoms with van der Waals surface area (Å²) in [6.07, 6.45) is 3.97. The maximum Gasteiger partial charge on any atom is 0.408 e. The van der Waals surface area contributed by atoms with Crippen LogP contribution in [-0.4, -0.2) is 68.8 Å². The lowest BCUT2D eigenvalue weighted by Gasteiger charge is -2.27. The number of rotatable bonds is 8. The fourth-order valence-corrected chi connectivity index (χ4v) is 4.88. The van der Waals surface area contributed by atoms with Gasteiger partial charge in [-0.2, -0.15) is 4.72 Å². The molecule has 0 radical (unpaired) electrons. The summed E-state index contributed by atoms with van der Waals surface area (Å²) in [7, 11) is 0. The van der Waals surface area contributed by atoms with Gasteiger partial charge in [0.2, 0.25) is 11.8 Å². The number of nitrogens with one attached hydrogen (secondary N) is 3. The predicted molar refractivity (Wildman–Crippen MR) is 117 cm³/mol. The average Bonchev–Trinajstić information content (AvgIpc) is 3.61. The van der Waals surface area contributed by atoms with Gasteiger partial charge in [-0.25, -0.2) is 4.79 Å². The Labute approximate surface area is 191 Å². The molecule has 2 saturated carbocycles. The molecule has 1 aliphatic heterocycles. The largest absolute Gasteiger partial charge is 0.593 e. The van der Waals surface area contributed by atoms with Crippen molar-refractivity contribution in [1.29, 1.82) is 0 Å². The molecule has 3 fully saturated rings. The molecule has 10 nitrogen and oxygen atoms in total. The van der Waals surface area contributed by atoms with Crippen LogP contribution >= 0.6 is 0 Å². The van der Waals surface area contributed by atoms with E-state index >= 15 is 0 Å². The lowest BCUT2D eigenvalue weighted by molar-refractivity contribution is -0.139. The van der Waals surface area contributed by atoms with E-state index in [9.17, 15) is 23.7 Å². The topological polar surface area (TPSA) is 140 Å². The second-order valence-electron chi connectivity index (χ2n) is 9.54. The van der Waals surface area contributed by atoms with E-state index in [0.717, 1.165) is 12.8 Å². The molecule has 1 saturated heterocycles. The molecule has 4 unspecified atom stereocenters. The first kappa shape index (κ1) is 24.4. The minimum atomic E-state index is -1.46. The van der Waals surface area contributed by atoms with E-state index in [1.54, 1.807) is 26.8 Å². The van der Waals surface area contributed by atoms with Gasteiger partial charge in [0.05, 0.1) is 11.4 Å². The van der Waals surface area contributed by atoms with Crippen LogP contribution in [0.1, 0.15) is 52.9 Å². The van der Waals surface area contributed by atoms with Crippen LogP contribution in [-0.2, 0) is 30.5 Å². The van der Waals surface area contributed by atoms with E-state index in [-0.39, 0.29) is 17.7 Å². The Balaban J connectivity index is 1.57. The molecule has 2 aliphatic carbocycles. The van der Waals surface area contributed by atoms with Gasteiger partial charge in [-0.3, -0.25) is 14.4 Å². The van der Waals surface area contributed by atoms with Crippen LogP contribution in [0.25, 0.3) is 0 Å². The van der Waals surface area contributed by atoms with Crippen molar-refractivity contribution in [2.24, 2.45) is 5.92 Å². The molecule has 178 valence electrons. The number of hydrogen-bond donors (Lipinski definition) is 3. The average molecular weight is 469 g/mol. The normalized spacial score (nSPS) is 27.8. The van der Waals surface area contributed by atoms with Crippen molar-refractivity contribution < 1.29 is 28.5 Å². The maximum absolute atomic E-state index is 13.0. The molecule has 11 heteroatoms.